The molecule has 7 nitrogen and oxygen atoms in total. The Morgan fingerprint density at radius 2 is 1.93 bits per heavy atom. The van der Waals surface area contributed by atoms with Gasteiger partial charge in [-0.2, -0.15) is 0 Å². The van der Waals surface area contributed by atoms with Crippen molar-refractivity contribution in [3.8, 4) is 0 Å². The van der Waals surface area contributed by atoms with E-state index in [0.717, 1.165) is 45.1 Å². The molecule has 0 bridgehead atoms. The van der Waals surface area contributed by atoms with E-state index in [9.17, 15) is 20.1 Å². The van der Waals surface area contributed by atoms with Crippen molar-refractivity contribution in [3.05, 3.63) is 12.7 Å². The van der Waals surface area contributed by atoms with Crippen LogP contribution in [0.3, 0.4) is 0 Å². The van der Waals surface area contributed by atoms with E-state index in [1.54, 1.807) is 6.26 Å². The summed E-state index contributed by atoms with van der Waals surface area (Å²) in [6.45, 7) is 4.92. The first-order chi connectivity index (χ1) is 13.3. The lowest BCUT2D eigenvalue weighted by molar-refractivity contribution is -0.211. The van der Waals surface area contributed by atoms with Gasteiger partial charge in [0.15, 0.2) is 0 Å². The van der Waals surface area contributed by atoms with E-state index in [2.05, 4.69) is 11.9 Å². The van der Waals surface area contributed by atoms with Gasteiger partial charge in [-0.3, -0.25) is 9.69 Å². The van der Waals surface area contributed by atoms with Gasteiger partial charge in [0.2, 0.25) is 5.91 Å². The van der Waals surface area contributed by atoms with Crippen molar-refractivity contribution in [1.29, 1.82) is 0 Å². The summed E-state index contributed by atoms with van der Waals surface area (Å²) in [4.78, 5) is 15.1. The zero-order valence-corrected chi connectivity index (χ0v) is 17.6. The molecule has 1 saturated carbocycles. The molecule has 2 heterocycles. The summed E-state index contributed by atoms with van der Waals surface area (Å²) >= 11 is 1.28. The number of ether oxygens (including phenoxy) is 1. The van der Waals surface area contributed by atoms with E-state index in [1.807, 2.05) is 18.0 Å². The number of thioether (sulfide) groups is 1. The predicted molar refractivity (Wildman–Crippen MR) is 109 cm³/mol. The minimum atomic E-state index is -1.33. The summed E-state index contributed by atoms with van der Waals surface area (Å²) in [5.41, 5.74) is -1.07. The lowest BCUT2D eigenvalue weighted by Crippen LogP contribution is -2.66. The smallest absolute Gasteiger partial charge is 0.237 e. The van der Waals surface area contributed by atoms with Gasteiger partial charge in [-0.15, -0.1) is 18.3 Å². The second-order valence-corrected chi connectivity index (χ2v) is 9.38. The molecule has 3 rings (SSSR count). The zero-order valence-electron chi connectivity index (χ0n) is 16.8. The molecule has 0 spiro atoms. The van der Waals surface area contributed by atoms with Crippen LogP contribution in [0.2, 0.25) is 0 Å². The number of aliphatic hydroxyl groups is 3. The number of likely N-dealkylation sites (tertiary alicyclic amines) is 1. The Hall–Kier alpha value is -0.640. The fraction of sp³-hybridized carbons (Fsp3) is 0.850. The molecule has 7 atom stereocenters. The number of nitrogens with zero attached hydrogens (tertiary/aromatic N) is 1. The molecule has 2 saturated heterocycles. The first-order valence-corrected chi connectivity index (χ1v) is 11.5. The van der Waals surface area contributed by atoms with Gasteiger partial charge < -0.3 is 25.4 Å². The fourth-order valence-electron chi connectivity index (χ4n) is 5.06. The molecular formula is C20H34N2O5S. The summed E-state index contributed by atoms with van der Waals surface area (Å²) in [6, 6.07) is -0.709. The van der Waals surface area contributed by atoms with Crippen molar-refractivity contribution >= 4 is 17.7 Å². The molecule has 160 valence electrons. The monoisotopic (exact) mass is 414 g/mol. The van der Waals surface area contributed by atoms with E-state index in [4.69, 9.17) is 4.74 Å². The number of aliphatic hydroxyl groups excluding tert-OH is 3. The average Bonchev–Trinajstić information content (AvgIpc) is 3.34. The normalized spacial score (nSPS) is 39.6. The average molecular weight is 415 g/mol. The van der Waals surface area contributed by atoms with Crippen molar-refractivity contribution in [1.82, 2.24) is 10.2 Å². The minimum absolute atomic E-state index is 0.0739. The van der Waals surface area contributed by atoms with Gasteiger partial charge in [0.05, 0.1) is 12.1 Å². The van der Waals surface area contributed by atoms with Crippen LogP contribution in [0.5, 0.6) is 0 Å². The van der Waals surface area contributed by atoms with Crippen LogP contribution < -0.4 is 5.32 Å². The standard InChI is InChI=1S/C20H34N2O5S/c1-4-20(9-5-6-10-20)17(21-18(26)12-8-7-11-22(12)2)16-14(24)13(23)15(25)19(27-16)28-3/h4,12-17,19,23-25H,1,5-11H2,2-3H3,(H,21,26). The second kappa shape index (κ2) is 9.02. The van der Waals surface area contributed by atoms with Crippen LogP contribution in [-0.4, -0.2) is 87.9 Å². The van der Waals surface area contributed by atoms with E-state index >= 15 is 0 Å². The second-order valence-electron chi connectivity index (χ2n) is 8.45. The number of amides is 1. The highest BCUT2D eigenvalue weighted by molar-refractivity contribution is 7.99. The third kappa shape index (κ3) is 4.00. The summed E-state index contributed by atoms with van der Waals surface area (Å²) in [5, 5.41) is 34.5. The number of carbonyl (C=O) groups is 1. The molecule has 0 aromatic rings. The highest BCUT2D eigenvalue weighted by atomic mass is 32.2. The molecule has 4 N–H and O–H groups in total. The number of likely N-dealkylation sites (N-methyl/N-ethyl adjacent to an activating group) is 1. The van der Waals surface area contributed by atoms with E-state index in [1.165, 1.54) is 11.8 Å². The third-order valence-electron chi connectivity index (χ3n) is 6.85. The van der Waals surface area contributed by atoms with Gasteiger partial charge >= 0.3 is 0 Å². The van der Waals surface area contributed by atoms with Gasteiger partial charge in [-0.05, 0) is 45.5 Å². The van der Waals surface area contributed by atoms with Gasteiger partial charge in [0.1, 0.15) is 29.9 Å². The largest absolute Gasteiger partial charge is 0.388 e. The summed E-state index contributed by atoms with van der Waals surface area (Å²) in [5.74, 6) is -0.0739. The Morgan fingerprint density at radius 1 is 1.25 bits per heavy atom. The molecule has 28 heavy (non-hydrogen) atoms. The molecule has 0 radical (unpaired) electrons. The maximum Gasteiger partial charge on any atom is 0.237 e. The number of rotatable bonds is 6. The maximum atomic E-state index is 13.1. The van der Waals surface area contributed by atoms with Crippen LogP contribution in [-0.2, 0) is 9.53 Å². The van der Waals surface area contributed by atoms with Gasteiger partial charge in [0.25, 0.3) is 0 Å². The highest BCUT2D eigenvalue weighted by Gasteiger charge is 2.53. The van der Waals surface area contributed by atoms with Crippen LogP contribution >= 0.6 is 11.8 Å². The van der Waals surface area contributed by atoms with Crippen LogP contribution in [0.1, 0.15) is 38.5 Å². The minimum Gasteiger partial charge on any atom is -0.388 e. The van der Waals surface area contributed by atoms with Crippen LogP contribution in [0.25, 0.3) is 0 Å². The predicted octanol–water partition coefficient (Wildman–Crippen LogP) is 0.482. The quantitative estimate of drug-likeness (QED) is 0.469. The van der Waals surface area contributed by atoms with Crippen molar-refractivity contribution in [3.63, 3.8) is 0 Å². The lowest BCUT2D eigenvalue weighted by Gasteiger charge is -2.48. The molecule has 3 aliphatic rings. The number of nitrogens with one attached hydrogen (secondary N) is 1. The number of hydrogen-bond donors (Lipinski definition) is 4. The highest BCUT2D eigenvalue weighted by Crippen LogP contribution is 2.45. The van der Waals surface area contributed by atoms with Gasteiger partial charge in [0, 0.05) is 5.41 Å². The Morgan fingerprint density at radius 3 is 2.46 bits per heavy atom. The molecule has 7 unspecified atom stereocenters. The number of hydrogen-bond acceptors (Lipinski definition) is 7. The SMILES string of the molecule is C=CC1(C(NC(=O)C2CCCN2C)C2OC(SC)C(O)C(O)C2O)CCCC1. The van der Waals surface area contributed by atoms with E-state index in [-0.39, 0.29) is 11.9 Å². The van der Waals surface area contributed by atoms with Crippen molar-refractivity contribution < 1.29 is 24.9 Å². The van der Waals surface area contributed by atoms with Crippen molar-refractivity contribution in [2.24, 2.45) is 5.41 Å². The Bertz CT molecular complexity index is 569. The molecule has 1 aliphatic carbocycles. The van der Waals surface area contributed by atoms with Crippen LogP contribution in [0.15, 0.2) is 12.7 Å². The molecule has 1 amide bonds. The molecule has 3 fully saturated rings. The maximum absolute atomic E-state index is 13.1. The first kappa shape index (κ1) is 22.1. The lowest BCUT2D eigenvalue weighted by atomic mass is 9.73. The summed E-state index contributed by atoms with van der Waals surface area (Å²) in [7, 11) is 1.95. The molecule has 0 aromatic heterocycles. The molecule has 2 aliphatic heterocycles. The first-order valence-electron chi connectivity index (χ1n) is 10.2. The third-order valence-corrected chi connectivity index (χ3v) is 7.70. The number of carbonyl (C=O) groups excluding carboxylic acids is 1. The van der Waals surface area contributed by atoms with Crippen LogP contribution in [0, 0.1) is 5.41 Å². The van der Waals surface area contributed by atoms with Crippen molar-refractivity contribution in [2.45, 2.75) is 80.5 Å². The van der Waals surface area contributed by atoms with Crippen LogP contribution in [0.4, 0.5) is 0 Å². The Labute approximate surface area is 171 Å². The van der Waals surface area contributed by atoms with E-state index < -0.39 is 41.3 Å². The Kier molecular flexibility index (Phi) is 7.10. The zero-order chi connectivity index (χ0) is 20.5. The van der Waals surface area contributed by atoms with Gasteiger partial charge in [-0.1, -0.05) is 18.9 Å². The summed E-state index contributed by atoms with van der Waals surface area (Å²) in [6.07, 6.45) is 4.56. The fourth-order valence-corrected chi connectivity index (χ4v) is 5.74. The van der Waals surface area contributed by atoms with Crippen molar-refractivity contribution in [2.75, 3.05) is 19.8 Å². The van der Waals surface area contributed by atoms with E-state index in [0.29, 0.717) is 0 Å². The molecule has 0 aromatic carbocycles. The molecule has 8 heteroatoms. The van der Waals surface area contributed by atoms with Gasteiger partial charge in [-0.25, -0.2) is 0 Å². The summed E-state index contributed by atoms with van der Waals surface area (Å²) < 4.78 is 6.05. The molecular weight excluding hydrogens is 380 g/mol. The Balaban J connectivity index is 1.89. The topological polar surface area (TPSA) is 102 Å².